The van der Waals surface area contributed by atoms with E-state index in [1.54, 1.807) is 31.4 Å². The highest BCUT2D eigenvalue weighted by molar-refractivity contribution is 9.10. The zero-order valence-corrected chi connectivity index (χ0v) is 19.3. The second-order valence-corrected chi connectivity index (χ2v) is 8.06. The van der Waals surface area contributed by atoms with Crippen LogP contribution in [0.5, 0.6) is 5.75 Å². The maximum atomic E-state index is 13.2. The molecule has 0 bridgehead atoms. The van der Waals surface area contributed by atoms with Gasteiger partial charge in [0.25, 0.3) is 5.56 Å². The van der Waals surface area contributed by atoms with E-state index in [9.17, 15) is 14.4 Å². The Bertz CT molecular complexity index is 1430. The molecule has 1 amide bonds. The molecule has 33 heavy (non-hydrogen) atoms. The Morgan fingerprint density at radius 3 is 2.48 bits per heavy atom. The smallest absolute Gasteiger partial charge is 0.333 e. The Labute approximate surface area is 196 Å². The van der Waals surface area contributed by atoms with Gasteiger partial charge in [-0.15, -0.1) is 0 Å². The van der Waals surface area contributed by atoms with E-state index < -0.39 is 17.2 Å². The van der Waals surface area contributed by atoms with Crippen LogP contribution in [0.2, 0.25) is 0 Å². The summed E-state index contributed by atoms with van der Waals surface area (Å²) in [4.78, 5) is 47.2. The van der Waals surface area contributed by atoms with Gasteiger partial charge in [-0.3, -0.25) is 18.7 Å². The van der Waals surface area contributed by atoms with E-state index in [1.165, 1.54) is 17.0 Å². The number of hydrogen-bond acceptors (Lipinski definition) is 6. The second-order valence-electron chi connectivity index (χ2n) is 7.20. The molecule has 0 saturated carbocycles. The van der Waals surface area contributed by atoms with Crippen LogP contribution in [-0.2, 0) is 24.4 Å². The number of hydrogen-bond donors (Lipinski definition) is 1. The van der Waals surface area contributed by atoms with Gasteiger partial charge in [0, 0.05) is 23.4 Å². The van der Waals surface area contributed by atoms with Crippen molar-refractivity contribution in [3.8, 4) is 5.75 Å². The van der Waals surface area contributed by atoms with Crippen molar-refractivity contribution in [1.29, 1.82) is 0 Å². The molecule has 0 saturated heterocycles. The van der Waals surface area contributed by atoms with Crippen LogP contribution < -0.4 is 21.3 Å². The van der Waals surface area contributed by atoms with Crippen molar-refractivity contribution in [1.82, 2.24) is 24.4 Å². The molecule has 0 spiro atoms. The molecule has 0 aliphatic rings. The topological polar surface area (TPSA) is 108 Å². The molecule has 4 rings (SSSR count). The third-order valence-electron chi connectivity index (χ3n) is 5.08. The minimum absolute atomic E-state index is 0.0178. The monoisotopic (exact) mass is 509 g/mol. The van der Waals surface area contributed by atoms with Crippen LogP contribution in [0.3, 0.4) is 0 Å². The number of carbonyl (C=O) groups is 1. The number of benzene rings is 2. The molecule has 1 N–H and O–H groups in total. The summed E-state index contributed by atoms with van der Waals surface area (Å²) >= 11 is 3.44. The number of halogens is 1. The average Bonchev–Trinajstić information content (AvgIpc) is 2.84. The second kappa shape index (κ2) is 9.78. The fourth-order valence-corrected chi connectivity index (χ4v) is 3.79. The van der Waals surface area contributed by atoms with Crippen molar-refractivity contribution in [3.05, 3.63) is 97.4 Å². The van der Waals surface area contributed by atoms with Gasteiger partial charge in [0.15, 0.2) is 11.2 Å². The lowest BCUT2D eigenvalue weighted by Crippen LogP contribution is -2.43. The first-order valence-electron chi connectivity index (χ1n) is 10.1. The van der Waals surface area contributed by atoms with Gasteiger partial charge in [0.2, 0.25) is 5.91 Å². The highest BCUT2D eigenvalue weighted by Gasteiger charge is 2.17. The largest absolute Gasteiger partial charge is 0.497 e. The van der Waals surface area contributed by atoms with E-state index in [1.807, 2.05) is 24.3 Å². The molecule has 0 aliphatic carbocycles. The Morgan fingerprint density at radius 2 is 1.76 bits per heavy atom. The van der Waals surface area contributed by atoms with Crippen LogP contribution in [0.15, 0.2) is 75.0 Å². The van der Waals surface area contributed by atoms with Gasteiger partial charge in [-0.2, -0.15) is 0 Å². The van der Waals surface area contributed by atoms with Crippen molar-refractivity contribution in [2.45, 2.75) is 19.6 Å². The normalized spacial score (nSPS) is 10.8. The zero-order chi connectivity index (χ0) is 23.4. The molecule has 2 aromatic carbocycles. The first-order valence-corrected chi connectivity index (χ1v) is 10.8. The molecule has 0 aliphatic heterocycles. The van der Waals surface area contributed by atoms with E-state index in [0.717, 1.165) is 20.2 Å². The highest BCUT2D eigenvalue weighted by Crippen LogP contribution is 2.15. The molecular weight excluding hydrogens is 490 g/mol. The van der Waals surface area contributed by atoms with Crippen LogP contribution in [0.25, 0.3) is 11.2 Å². The minimum Gasteiger partial charge on any atom is -0.497 e. The van der Waals surface area contributed by atoms with Crippen LogP contribution in [-0.4, -0.2) is 32.1 Å². The molecule has 10 heteroatoms. The zero-order valence-electron chi connectivity index (χ0n) is 17.7. The van der Waals surface area contributed by atoms with Crippen LogP contribution >= 0.6 is 15.9 Å². The van der Waals surface area contributed by atoms with Gasteiger partial charge < -0.3 is 10.1 Å². The summed E-state index contributed by atoms with van der Waals surface area (Å²) in [5, 5.41) is 2.80. The van der Waals surface area contributed by atoms with E-state index in [2.05, 4.69) is 31.2 Å². The van der Waals surface area contributed by atoms with Crippen molar-refractivity contribution in [2.75, 3.05) is 7.11 Å². The van der Waals surface area contributed by atoms with Crippen molar-refractivity contribution >= 4 is 33.0 Å². The molecule has 168 valence electrons. The van der Waals surface area contributed by atoms with Gasteiger partial charge in [-0.1, -0.05) is 46.3 Å². The summed E-state index contributed by atoms with van der Waals surface area (Å²) < 4.78 is 8.24. The van der Waals surface area contributed by atoms with E-state index in [4.69, 9.17) is 4.74 Å². The number of fused-ring (bicyclic) bond motifs is 1. The number of nitrogens with zero attached hydrogens (tertiary/aromatic N) is 4. The summed E-state index contributed by atoms with van der Waals surface area (Å²) in [5.74, 6) is 0.268. The number of rotatable bonds is 7. The molecule has 4 aromatic rings. The lowest BCUT2D eigenvalue weighted by molar-refractivity contribution is -0.121. The van der Waals surface area contributed by atoms with Gasteiger partial charge in [0.1, 0.15) is 12.3 Å². The standard InChI is InChI=1S/C23H20BrN5O4/c1-33-17-8-6-15(7-9-17)13-29-22(31)20-21(26-11-10-25-20)28(23(29)32)14-19(30)27-12-16-4-2-3-5-18(16)24/h2-11H,12-14H2,1H3,(H,27,30). The maximum absolute atomic E-state index is 13.2. The van der Waals surface area contributed by atoms with Crippen LogP contribution in [0.1, 0.15) is 11.1 Å². The molecule has 0 fully saturated rings. The van der Waals surface area contributed by atoms with Crippen molar-refractivity contribution < 1.29 is 9.53 Å². The van der Waals surface area contributed by atoms with E-state index in [0.29, 0.717) is 5.75 Å². The van der Waals surface area contributed by atoms with Crippen LogP contribution in [0.4, 0.5) is 0 Å². The average molecular weight is 510 g/mol. The van der Waals surface area contributed by atoms with E-state index in [-0.39, 0.29) is 30.8 Å². The molecule has 9 nitrogen and oxygen atoms in total. The molecule has 0 unspecified atom stereocenters. The number of nitrogens with one attached hydrogen (secondary N) is 1. The van der Waals surface area contributed by atoms with Gasteiger partial charge >= 0.3 is 5.69 Å². The molecule has 2 heterocycles. The number of ether oxygens (including phenoxy) is 1. The summed E-state index contributed by atoms with van der Waals surface area (Å²) in [6.45, 7) is -0.00175. The third kappa shape index (κ3) is 4.85. The first-order chi connectivity index (χ1) is 16.0. The van der Waals surface area contributed by atoms with Gasteiger partial charge in [0.05, 0.1) is 13.7 Å². The van der Waals surface area contributed by atoms with Crippen LogP contribution in [0, 0.1) is 0 Å². The maximum Gasteiger partial charge on any atom is 0.333 e. The number of aromatic nitrogens is 4. The predicted octanol–water partition coefficient (Wildman–Crippen LogP) is 2.09. The number of carbonyl (C=O) groups excluding carboxylic acids is 1. The molecular formula is C23H20BrN5O4. The molecule has 0 radical (unpaired) electrons. The number of amides is 1. The Morgan fingerprint density at radius 1 is 1.03 bits per heavy atom. The Balaban J connectivity index is 1.66. The van der Waals surface area contributed by atoms with E-state index >= 15 is 0 Å². The number of methoxy groups -OCH3 is 1. The summed E-state index contributed by atoms with van der Waals surface area (Å²) in [6, 6.07) is 14.5. The fourth-order valence-electron chi connectivity index (χ4n) is 3.36. The van der Waals surface area contributed by atoms with Crippen molar-refractivity contribution in [2.24, 2.45) is 0 Å². The third-order valence-corrected chi connectivity index (χ3v) is 5.85. The summed E-state index contributed by atoms with van der Waals surface area (Å²) in [7, 11) is 1.56. The van der Waals surface area contributed by atoms with Gasteiger partial charge in [-0.05, 0) is 29.3 Å². The minimum atomic E-state index is -0.639. The fraction of sp³-hybridized carbons (Fsp3) is 0.174. The predicted molar refractivity (Wildman–Crippen MR) is 126 cm³/mol. The lowest BCUT2D eigenvalue weighted by Gasteiger charge is -2.13. The molecule has 2 aromatic heterocycles. The van der Waals surface area contributed by atoms with Gasteiger partial charge in [-0.25, -0.2) is 14.8 Å². The lowest BCUT2D eigenvalue weighted by atomic mass is 10.2. The Hall–Kier alpha value is -3.79. The first kappa shape index (κ1) is 22.4. The summed E-state index contributed by atoms with van der Waals surface area (Å²) in [6.07, 6.45) is 2.76. The summed E-state index contributed by atoms with van der Waals surface area (Å²) in [5.41, 5.74) is 0.498. The Kier molecular flexibility index (Phi) is 6.64. The quantitative estimate of drug-likeness (QED) is 0.408. The SMILES string of the molecule is COc1ccc(Cn2c(=O)c3nccnc3n(CC(=O)NCc3ccccc3Br)c2=O)cc1. The molecule has 0 atom stereocenters. The van der Waals surface area contributed by atoms with Crippen molar-refractivity contribution in [3.63, 3.8) is 0 Å². The highest BCUT2D eigenvalue weighted by atomic mass is 79.9.